The average Bonchev–Trinajstić information content (AvgIpc) is 3.34. The Hall–Kier alpha value is -4.69. The summed E-state index contributed by atoms with van der Waals surface area (Å²) in [5, 5.41) is 14.3. The summed E-state index contributed by atoms with van der Waals surface area (Å²) >= 11 is 0. The van der Waals surface area contributed by atoms with Crippen LogP contribution >= 0.6 is 0 Å². The van der Waals surface area contributed by atoms with E-state index >= 15 is 0 Å². The van der Waals surface area contributed by atoms with Crippen LogP contribution in [0.5, 0.6) is 0 Å². The number of carboxylic acid groups (broad SMARTS) is 1. The topological polar surface area (TPSA) is 96.7 Å². The van der Waals surface area contributed by atoms with Crippen molar-refractivity contribution in [3.63, 3.8) is 0 Å². The number of fused-ring (bicyclic) bond motifs is 2. The molecule has 3 aromatic carbocycles. The molecule has 2 N–H and O–H groups in total. The first-order valence-electron chi connectivity index (χ1n) is 13.4. The Morgan fingerprint density at radius 2 is 1.77 bits per heavy atom. The van der Waals surface area contributed by atoms with Crippen LogP contribution in [0.25, 0.3) is 21.8 Å². The summed E-state index contributed by atoms with van der Waals surface area (Å²) in [6.07, 6.45) is 3.86. The van der Waals surface area contributed by atoms with Gasteiger partial charge in [0.25, 0.3) is 5.91 Å². The number of carbonyl (C=O) groups excluding carboxylic acids is 1. The fourth-order valence-electron chi connectivity index (χ4n) is 5.86. The number of carboxylic acids is 1. The third-order valence-electron chi connectivity index (χ3n) is 8.03. The number of anilines is 1. The molecular weight excluding hydrogens is 504 g/mol. The first-order valence-corrected chi connectivity index (χ1v) is 13.4. The summed E-state index contributed by atoms with van der Waals surface area (Å²) in [4.78, 5) is 31.6. The number of nitrogens with zero attached hydrogens (tertiary/aromatic N) is 3. The minimum Gasteiger partial charge on any atom is -0.478 e. The largest absolute Gasteiger partial charge is 0.478 e. The van der Waals surface area contributed by atoms with Crippen molar-refractivity contribution in [3.8, 4) is 0 Å². The lowest BCUT2D eigenvalue weighted by molar-refractivity contribution is -0.126. The van der Waals surface area contributed by atoms with Crippen molar-refractivity contribution in [2.45, 2.75) is 13.1 Å². The van der Waals surface area contributed by atoms with E-state index in [4.69, 9.17) is 9.84 Å². The molecule has 0 saturated carbocycles. The molecule has 4 heterocycles. The van der Waals surface area contributed by atoms with Gasteiger partial charge in [0.05, 0.1) is 40.8 Å². The van der Waals surface area contributed by atoms with Crippen LogP contribution in [0.15, 0.2) is 85.2 Å². The number of hydrogen-bond acceptors (Lipinski definition) is 5. The Labute approximate surface area is 230 Å². The third kappa shape index (κ3) is 4.26. The molecule has 8 heteroatoms. The Morgan fingerprint density at radius 1 is 0.975 bits per heavy atom. The molecule has 40 heavy (non-hydrogen) atoms. The molecule has 0 bridgehead atoms. The van der Waals surface area contributed by atoms with E-state index < -0.39 is 5.97 Å². The maximum absolute atomic E-state index is 13.5. The van der Waals surface area contributed by atoms with Crippen LogP contribution in [-0.2, 0) is 17.8 Å². The first kappa shape index (κ1) is 24.4. The monoisotopic (exact) mass is 532 g/mol. The van der Waals surface area contributed by atoms with E-state index in [1.165, 1.54) is 0 Å². The molecule has 2 aliphatic rings. The van der Waals surface area contributed by atoms with Gasteiger partial charge in [-0.15, -0.1) is 0 Å². The molecule has 0 aliphatic carbocycles. The fourth-order valence-corrected chi connectivity index (χ4v) is 5.86. The third-order valence-corrected chi connectivity index (χ3v) is 8.03. The van der Waals surface area contributed by atoms with Crippen LogP contribution in [0, 0.1) is 5.41 Å². The van der Waals surface area contributed by atoms with Gasteiger partial charge in [0.15, 0.2) is 0 Å². The van der Waals surface area contributed by atoms with Crippen molar-refractivity contribution in [2.75, 3.05) is 31.2 Å². The Balaban J connectivity index is 1.21. The Morgan fingerprint density at radius 3 is 2.52 bits per heavy atom. The molecule has 0 radical (unpaired) electrons. The Bertz CT molecular complexity index is 1760. The van der Waals surface area contributed by atoms with Gasteiger partial charge in [-0.3, -0.25) is 9.78 Å². The zero-order valence-electron chi connectivity index (χ0n) is 21.8. The van der Waals surface area contributed by atoms with Crippen LogP contribution in [0.2, 0.25) is 0 Å². The molecule has 2 aromatic heterocycles. The number of aromatic nitrogens is 2. The second-order valence-corrected chi connectivity index (χ2v) is 10.9. The molecule has 0 unspecified atom stereocenters. The molecule has 0 atom stereocenters. The van der Waals surface area contributed by atoms with Crippen LogP contribution in [0.1, 0.15) is 31.8 Å². The molecule has 2 saturated heterocycles. The van der Waals surface area contributed by atoms with Crippen molar-refractivity contribution in [1.82, 2.24) is 14.9 Å². The highest BCUT2D eigenvalue weighted by molar-refractivity contribution is 6.09. The van der Waals surface area contributed by atoms with Gasteiger partial charge >= 0.3 is 5.97 Å². The maximum atomic E-state index is 13.5. The normalized spacial score (nSPS) is 15.7. The summed E-state index contributed by atoms with van der Waals surface area (Å²) in [7, 11) is 0. The highest BCUT2D eigenvalue weighted by Gasteiger charge is 2.49. The van der Waals surface area contributed by atoms with Gasteiger partial charge in [-0.2, -0.15) is 0 Å². The molecule has 2 aliphatic heterocycles. The highest BCUT2D eigenvalue weighted by Crippen LogP contribution is 2.43. The number of rotatable bonds is 7. The van der Waals surface area contributed by atoms with Crippen molar-refractivity contribution in [3.05, 3.63) is 107 Å². The summed E-state index contributed by atoms with van der Waals surface area (Å²) in [5.41, 5.74) is 6.00. The van der Waals surface area contributed by atoms with Crippen LogP contribution in [0.3, 0.4) is 0 Å². The lowest BCUT2D eigenvalue weighted by Crippen LogP contribution is -2.66. The van der Waals surface area contributed by atoms with Crippen LogP contribution in [-0.4, -0.2) is 52.8 Å². The minimum atomic E-state index is -0.973. The van der Waals surface area contributed by atoms with Crippen molar-refractivity contribution in [1.29, 1.82) is 0 Å². The quantitative estimate of drug-likeness (QED) is 0.315. The van der Waals surface area contributed by atoms with Gasteiger partial charge in [-0.05, 0) is 53.6 Å². The zero-order valence-corrected chi connectivity index (χ0v) is 21.8. The number of ether oxygens (including phenoxy) is 1. The van der Waals surface area contributed by atoms with E-state index in [2.05, 4.69) is 56.3 Å². The lowest BCUT2D eigenvalue weighted by Gasteiger charge is -2.56. The molecule has 1 amide bonds. The molecule has 7 rings (SSSR count). The minimum absolute atomic E-state index is 0.175. The fraction of sp³-hybridized carbons (Fsp3) is 0.219. The summed E-state index contributed by atoms with van der Waals surface area (Å²) in [6, 6.07) is 22.9. The van der Waals surface area contributed by atoms with E-state index in [-0.39, 0.29) is 16.9 Å². The number of pyridine rings is 1. The van der Waals surface area contributed by atoms with Crippen molar-refractivity contribution in [2.24, 2.45) is 5.41 Å². The van der Waals surface area contributed by atoms with Gasteiger partial charge in [0, 0.05) is 55.0 Å². The predicted molar refractivity (Wildman–Crippen MR) is 153 cm³/mol. The van der Waals surface area contributed by atoms with E-state index in [0.29, 0.717) is 18.7 Å². The van der Waals surface area contributed by atoms with E-state index in [1.54, 1.807) is 30.5 Å². The van der Waals surface area contributed by atoms with Gasteiger partial charge in [-0.1, -0.05) is 30.3 Å². The van der Waals surface area contributed by atoms with E-state index in [1.807, 2.05) is 18.2 Å². The summed E-state index contributed by atoms with van der Waals surface area (Å²) in [6.45, 7) is 4.46. The second kappa shape index (κ2) is 9.50. The Kier molecular flexibility index (Phi) is 5.78. The van der Waals surface area contributed by atoms with Gasteiger partial charge in [0.2, 0.25) is 0 Å². The number of benzene rings is 3. The first-order chi connectivity index (χ1) is 19.5. The van der Waals surface area contributed by atoms with Crippen LogP contribution < -0.4 is 10.2 Å². The SMILES string of the molecule is O=C(O)c1ccc(CNC(=O)c2ccc(N3CC4(COC4)C3)c3ccn(Cc4ccc5cccnc5c4)c23)cc1. The predicted octanol–water partition coefficient (Wildman–Crippen LogP) is 4.70. The van der Waals surface area contributed by atoms with Gasteiger partial charge in [0.1, 0.15) is 0 Å². The molecular formula is C32H28N4O4. The second-order valence-electron chi connectivity index (χ2n) is 10.9. The number of hydrogen-bond donors (Lipinski definition) is 2. The molecule has 1 spiro atoms. The van der Waals surface area contributed by atoms with Crippen LogP contribution in [0.4, 0.5) is 5.69 Å². The number of aromatic carboxylic acids is 1. The maximum Gasteiger partial charge on any atom is 0.335 e. The van der Waals surface area contributed by atoms with E-state index in [0.717, 1.165) is 64.9 Å². The lowest BCUT2D eigenvalue weighted by atomic mass is 9.77. The molecule has 200 valence electrons. The van der Waals surface area contributed by atoms with Crippen molar-refractivity contribution < 1.29 is 19.4 Å². The number of amides is 1. The highest BCUT2D eigenvalue weighted by atomic mass is 16.5. The van der Waals surface area contributed by atoms with Gasteiger partial charge in [-0.25, -0.2) is 4.79 Å². The van der Waals surface area contributed by atoms with Crippen molar-refractivity contribution >= 4 is 39.4 Å². The van der Waals surface area contributed by atoms with Gasteiger partial charge < -0.3 is 24.6 Å². The summed E-state index contributed by atoms with van der Waals surface area (Å²) < 4.78 is 7.61. The van der Waals surface area contributed by atoms with E-state index in [9.17, 15) is 9.59 Å². The smallest absolute Gasteiger partial charge is 0.335 e. The number of nitrogens with one attached hydrogen (secondary N) is 1. The molecule has 8 nitrogen and oxygen atoms in total. The zero-order chi connectivity index (χ0) is 27.3. The molecule has 2 fully saturated rings. The summed E-state index contributed by atoms with van der Waals surface area (Å²) in [5.74, 6) is -1.15. The molecule has 5 aromatic rings. The standard InChI is InChI=1S/C32H28N4O4/c37-30(34-15-21-3-7-24(8-4-21)31(38)39)26-9-10-28(36-17-32(18-36)19-40-20-32)25-11-13-35(29(25)26)16-22-5-6-23-2-1-12-33-27(23)14-22/h1-14H,15-20H2,(H,34,37)(H,38,39). The average molecular weight is 533 g/mol. The number of carbonyl (C=O) groups is 2.